The smallest absolute Gasteiger partial charge is 0.317 e. The molecule has 1 aliphatic heterocycles. The Morgan fingerprint density at radius 3 is 2.70 bits per heavy atom. The summed E-state index contributed by atoms with van der Waals surface area (Å²) >= 11 is 1.13. The van der Waals surface area contributed by atoms with Gasteiger partial charge in [0.15, 0.2) is 0 Å². The Bertz CT molecular complexity index is 564. The highest BCUT2D eigenvalue weighted by Gasteiger charge is 2.16. The lowest BCUT2D eigenvalue weighted by Crippen LogP contribution is -2.46. The maximum Gasteiger partial charge on any atom is 0.317 e. The van der Waals surface area contributed by atoms with Crippen molar-refractivity contribution in [3.63, 3.8) is 0 Å². The Morgan fingerprint density at radius 1 is 1.40 bits per heavy atom. The van der Waals surface area contributed by atoms with Gasteiger partial charge in [-0.25, -0.2) is 18.4 Å². The molecule has 9 heteroatoms. The van der Waals surface area contributed by atoms with Gasteiger partial charge < -0.3 is 15.0 Å². The van der Waals surface area contributed by atoms with E-state index in [9.17, 15) is 13.2 Å². The van der Waals surface area contributed by atoms with Gasteiger partial charge in [-0.05, 0) is 18.6 Å². The molecule has 1 fully saturated rings. The van der Waals surface area contributed by atoms with Crippen molar-refractivity contribution in [3.05, 3.63) is 17.0 Å². The van der Waals surface area contributed by atoms with Crippen LogP contribution in [-0.4, -0.2) is 52.2 Å². The third-order valence-electron chi connectivity index (χ3n) is 2.86. The molecule has 2 heterocycles. The fraction of sp³-hybridized carbons (Fsp3) is 0.545. The van der Waals surface area contributed by atoms with Crippen molar-refractivity contribution in [2.24, 2.45) is 5.14 Å². The molecule has 2 rings (SSSR count). The Kier molecular flexibility index (Phi) is 4.97. The van der Waals surface area contributed by atoms with Crippen LogP contribution in [-0.2, 0) is 21.2 Å². The van der Waals surface area contributed by atoms with Gasteiger partial charge in [-0.1, -0.05) is 0 Å². The second-order valence-electron chi connectivity index (χ2n) is 4.35. The first-order valence-electron chi connectivity index (χ1n) is 6.19. The van der Waals surface area contributed by atoms with Gasteiger partial charge in [-0.2, -0.15) is 0 Å². The van der Waals surface area contributed by atoms with Gasteiger partial charge in [-0.15, -0.1) is 11.3 Å². The van der Waals surface area contributed by atoms with Gasteiger partial charge in [0, 0.05) is 24.5 Å². The van der Waals surface area contributed by atoms with E-state index in [1.54, 1.807) is 11.0 Å². The van der Waals surface area contributed by atoms with E-state index in [2.05, 4.69) is 5.32 Å². The average Bonchev–Trinajstić information content (AvgIpc) is 2.88. The lowest BCUT2D eigenvalue weighted by molar-refractivity contribution is 0.0533. The molecule has 0 unspecified atom stereocenters. The summed E-state index contributed by atoms with van der Waals surface area (Å²) < 4.78 is 27.6. The van der Waals surface area contributed by atoms with E-state index >= 15 is 0 Å². The summed E-state index contributed by atoms with van der Waals surface area (Å²) in [6.07, 6.45) is 0.580. The van der Waals surface area contributed by atoms with E-state index in [0.29, 0.717) is 39.3 Å². The summed E-state index contributed by atoms with van der Waals surface area (Å²) in [6, 6.07) is 3.08. The molecule has 0 bridgehead atoms. The van der Waals surface area contributed by atoms with Crippen LogP contribution in [0.2, 0.25) is 0 Å². The van der Waals surface area contributed by atoms with Crippen LogP contribution >= 0.6 is 11.3 Å². The standard InChI is InChI=1S/C11H17N3O4S2/c12-20(16,17)10-2-1-9(19-10)3-4-13-11(15)14-5-7-18-8-6-14/h1-2H,3-8H2,(H,13,15)(H2,12,16,17). The number of nitrogens with zero attached hydrogens (tertiary/aromatic N) is 1. The van der Waals surface area contributed by atoms with E-state index in [1.807, 2.05) is 0 Å². The Balaban J connectivity index is 1.78. The van der Waals surface area contributed by atoms with E-state index in [1.165, 1.54) is 6.07 Å². The number of urea groups is 1. The number of amides is 2. The second kappa shape index (κ2) is 6.53. The van der Waals surface area contributed by atoms with E-state index in [-0.39, 0.29) is 10.2 Å². The first-order chi connectivity index (χ1) is 9.47. The van der Waals surface area contributed by atoms with E-state index < -0.39 is 10.0 Å². The highest BCUT2D eigenvalue weighted by atomic mass is 32.2. The third-order valence-corrected chi connectivity index (χ3v) is 5.45. The second-order valence-corrected chi connectivity index (χ2v) is 7.30. The van der Waals surface area contributed by atoms with E-state index in [4.69, 9.17) is 9.88 Å². The molecule has 2 amide bonds. The number of hydrogen-bond acceptors (Lipinski definition) is 5. The number of nitrogens with two attached hydrogens (primary N) is 1. The van der Waals surface area contributed by atoms with Crippen molar-refractivity contribution >= 4 is 27.4 Å². The van der Waals surface area contributed by atoms with Gasteiger partial charge in [0.1, 0.15) is 4.21 Å². The molecule has 1 aliphatic rings. The van der Waals surface area contributed by atoms with Crippen LogP contribution in [0.15, 0.2) is 16.3 Å². The number of primary sulfonamides is 1. The quantitative estimate of drug-likeness (QED) is 0.814. The fourth-order valence-electron chi connectivity index (χ4n) is 1.82. The minimum Gasteiger partial charge on any atom is -0.378 e. The molecule has 0 saturated carbocycles. The molecular weight excluding hydrogens is 302 g/mol. The number of morpholine rings is 1. The fourth-order valence-corrected chi connectivity index (χ4v) is 3.59. The van der Waals surface area contributed by atoms with Crippen LogP contribution in [0.25, 0.3) is 0 Å². The summed E-state index contributed by atoms with van der Waals surface area (Å²) in [5, 5.41) is 7.85. The molecule has 0 aromatic carbocycles. The highest BCUT2D eigenvalue weighted by molar-refractivity contribution is 7.91. The minimum absolute atomic E-state index is 0.114. The van der Waals surface area contributed by atoms with Crippen molar-refractivity contribution in [1.82, 2.24) is 10.2 Å². The number of hydrogen-bond donors (Lipinski definition) is 2. The maximum atomic E-state index is 11.8. The third kappa shape index (κ3) is 4.17. The van der Waals surface area contributed by atoms with Gasteiger partial charge in [-0.3, -0.25) is 0 Å². The zero-order chi connectivity index (χ0) is 14.6. The summed E-state index contributed by atoms with van der Waals surface area (Å²) in [7, 11) is -3.63. The predicted octanol–water partition coefficient (Wildman–Crippen LogP) is -0.0202. The Hall–Kier alpha value is -1.16. The largest absolute Gasteiger partial charge is 0.378 e. The molecule has 0 radical (unpaired) electrons. The molecular formula is C11H17N3O4S2. The summed E-state index contributed by atoms with van der Waals surface area (Å²) in [5.41, 5.74) is 0. The summed E-state index contributed by atoms with van der Waals surface area (Å²) in [6.45, 7) is 2.79. The van der Waals surface area contributed by atoms with Crippen LogP contribution in [0.3, 0.4) is 0 Å². The van der Waals surface area contributed by atoms with E-state index in [0.717, 1.165) is 16.2 Å². The lowest BCUT2D eigenvalue weighted by Gasteiger charge is -2.26. The number of rotatable bonds is 4. The van der Waals surface area contributed by atoms with Gasteiger partial charge in [0.25, 0.3) is 0 Å². The summed E-state index contributed by atoms with van der Waals surface area (Å²) in [5.74, 6) is 0. The summed E-state index contributed by atoms with van der Waals surface area (Å²) in [4.78, 5) is 14.4. The van der Waals surface area contributed by atoms with Crippen LogP contribution in [0.1, 0.15) is 4.88 Å². The molecule has 3 N–H and O–H groups in total. The zero-order valence-electron chi connectivity index (χ0n) is 10.9. The molecule has 1 aromatic heterocycles. The highest BCUT2D eigenvalue weighted by Crippen LogP contribution is 2.20. The zero-order valence-corrected chi connectivity index (χ0v) is 12.5. The topological polar surface area (TPSA) is 102 Å². The number of carbonyl (C=O) groups excluding carboxylic acids is 1. The van der Waals surface area contributed by atoms with Crippen LogP contribution in [0.4, 0.5) is 4.79 Å². The maximum absolute atomic E-state index is 11.8. The SMILES string of the molecule is NS(=O)(=O)c1ccc(CCNC(=O)N2CCOCC2)s1. The van der Waals surface area contributed by atoms with Crippen molar-refractivity contribution in [3.8, 4) is 0 Å². The van der Waals surface area contributed by atoms with Crippen LogP contribution in [0, 0.1) is 0 Å². The first-order valence-corrected chi connectivity index (χ1v) is 8.55. The molecule has 112 valence electrons. The van der Waals surface area contributed by atoms with Crippen molar-refractivity contribution in [2.45, 2.75) is 10.6 Å². The van der Waals surface area contributed by atoms with Crippen molar-refractivity contribution in [1.29, 1.82) is 0 Å². The first kappa shape index (κ1) is 15.2. The molecule has 0 spiro atoms. The molecule has 1 saturated heterocycles. The monoisotopic (exact) mass is 319 g/mol. The molecule has 20 heavy (non-hydrogen) atoms. The molecule has 0 aliphatic carbocycles. The van der Waals surface area contributed by atoms with Crippen molar-refractivity contribution < 1.29 is 17.9 Å². The predicted molar refractivity (Wildman–Crippen MR) is 75.2 cm³/mol. The Morgan fingerprint density at radius 2 is 2.10 bits per heavy atom. The molecule has 0 atom stereocenters. The van der Waals surface area contributed by atoms with Crippen LogP contribution in [0.5, 0.6) is 0 Å². The number of carbonyl (C=O) groups is 1. The number of nitrogens with one attached hydrogen (secondary N) is 1. The molecule has 1 aromatic rings. The van der Waals surface area contributed by atoms with Gasteiger partial charge >= 0.3 is 6.03 Å². The number of ether oxygens (including phenoxy) is 1. The number of sulfonamides is 1. The number of thiophene rings is 1. The Labute approximate surface area is 121 Å². The normalized spacial score (nSPS) is 16.1. The van der Waals surface area contributed by atoms with Crippen molar-refractivity contribution in [2.75, 3.05) is 32.8 Å². The molecule has 7 nitrogen and oxygen atoms in total. The van der Waals surface area contributed by atoms with Gasteiger partial charge in [0.05, 0.1) is 13.2 Å². The van der Waals surface area contributed by atoms with Crippen LogP contribution < -0.4 is 10.5 Å². The lowest BCUT2D eigenvalue weighted by atomic mass is 10.3. The minimum atomic E-state index is -3.63. The van der Waals surface area contributed by atoms with Gasteiger partial charge in [0.2, 0.25) is 10.0 Å². The average molecular weight is 319 g/mol.